The highest BCUT2D eigenvalue weighted by atomic mass is 14.7. The monoisotopic (exact) mass is 229 g/mol. The van der Waals surface area contributed by atoms with Gasteiger partial charge < -0.3 is 4.98 Å². The molecule has 1 aromatic carbocycles. The van der Waals surface area contributed by atoms with E-state index in [4.69, 9.17) is 0 Å². The van der Waals surface area contributed by atoms with Crippen LogP contribution in [-0.4, -0.2) is 4.98 Å². The molecule has 0 aliphatic rings. The summed E-state index contributed by atoms with van der Waals surface area (Å²) in [6, 6.07) is 6.82. The van der Waals surface area contributed by atoms with Crippen LogP contribution in [0.4, 0.5) is 0 Å². The topological polar surface area (TPSA) is 15.8 Å². The van der Waals surface area contributed by atoms with E-state index in [1.807, 2.05) is 0 Å². The third kappa shape index (κ3) is 2.38. The number of aromatic nitrogens is 1. The van der Waals surface area contributed by atoms with Crippen LogP contribution in [-0.2, 0) is 6.42 Å². The van der Waals surface area contributed by atoms with Crippen LogP contribution in [0.5, 0.6) is 0 Å². The molecule has 2 rings (SSSR count). The highest BCUT2D eigenvalue weighted by molar-refractivity contribution is 5.85. The van der Waals surface area contributed by atoms with E-state index in [9.17, 15) is 0 Å². The third-order valence-corrected chi connectivity index (χ3v) is 3.42. The Morgan fingerprint density at radius 1 is 1.12 bits per heavy atom. The van der Waals surface area contributed by atoms with Crippen LogP contribution in [0.25, 0.3) is 10.9 Å². The van der Waals surface area contributed by atoms with Crippen molar-refractivity contribution in [2.45, 2.75) is 47.0 Å². The Labute approximate surface area is 104 Å². The van der Waals surface area contributed by atoms with Gasteiger partial charge in [0.15, 0.2) is 0 Å². The van der Waals surface area contributed by atoms with Crippen molar-refractivity contribution in [3.8, 4) is 0 Å². The summed E-state index contributed by atoms with van der Waals surface area (Å²) in [5, 5.41) is 1.42. The van der Waals surface area contributed by atoms with Gasteiger partial charge in [0.25, 0.3) is 0 Å². The van der Waals surface area contributed by atoms with Gasteiger partial charge in [-0.2, -0.15) is 0 Å². The van der Waals surface area contributed by atoms with Crippen molar-refractivity contribution in [2.24, 2.45) is 5.92 Å². The van der Waals surface area contributed by atoms with E-state index >= 15 is 0 Å². The van der Waals surface area contributed by atoms with E-state index in [2.05, 4.69) is 57.8 Å². The van der Waals surface area contributed by atoms with Crippen LogP contribution in [0.1, 0.15) is 50.4 Å². The molecule has 1 nitrogen and oxygen atoms in total. The van der Waals surface area contributed by atoms with Crippen molar-refractivity contribution < 1.29 is 0 Å². The van der Waals surface area contributed by atoms with Crippen molar-refractivity contribution in [3.63, 3.8) is 0 Å². The molecule has 0 amide bonds. The van der Waals surface area contributed by atoms with Gasteiger partial charge in [0, 0.05) is 16.6 Å². The summed E-state index contributed by atoms with van der Waals surface area (Å²) in [4.78, 5) is 3.50. The van der Waals surface area contributed by atoms with Crippen LogP contribution < -0.4 is 0 Å². The van der Waals surface area contributed by atoms with E-state index in [0.717, 1.165) is 6.42 Å². The number of fused-ring (bicyclic) bond motifs is 1. The number of hydrogen-bond donors (Lipinski definition) is 1. The maximum absolute atomic E-state index is 3.50. The van der Waals surface area contributed by atoms with Gasteiger partial charge in [-0.05, 0) is 48.4 Å². The number of rotatable bonds is 3. The number of aromatic amines is 1. The summed E-state index contributed by atoms with van der Waals surface area (Å²) in [6.45, 7) is 11.3. The average molecular weight is 229 g/mol. The lowest BCUT2D eigenvalue weighted by Gasteiger charge is -2.08. The van der Waals surface area contributed by atoms with Gasteiger partial charge in [-0.25, -0.2) is 0 Å². The van der Waals surface area contributed by atoms with Gasteiger partial charge in [0.05, 0.1) is 0 Å². The molecule has 0 unspecified atom stereocenters. The van der Waals surface area contributed by atoms with Crippen LogP contribution in [0.3, 0.4) is 0 Å². The minimum Gasteiger partial charge on any atom is -0.358 e. The Morgan fingerprint density at radius 2 is 1.82 bits per heavy atom. The number of nitrogens with one attached hydrogen (secondary N) is 1. The molecule has 1 aromatic heterocycles. The summed E-state index contributed by atoms with van der Waals surface area (Å²) < 4.78 is 0. The summed E-state index contributed by atoms with van der Waals surface area (Å²) in [5.74, 6) is 1.30. The second kappa shape index (κ2) is 4.56. The number of aryl methyl sites for hydroxylation is 1. The molecule has 0 spiro atoms. The first-order valence-corrected chi connectivity index (χ1v) is 6.60. The minimum atomic E-state index is 0.599. The first-order chi connectivity index (χ1) is 7.99. The zero-order valence-electron chi connectivity index (χ0n) is 11.6. The van der Waals surface area contributed by atoms with Crippen molar-refractivity contribution in [2.75, 3.05) is 0 Å². The molecule has 92 valence electrons. The average Bonchev–Trinajstić information content (AvgIpc) is 2.54. The summed E-state index contributed by atoms with van der Waals surface area (Å²) in [5.41, 5.74) is 5.54. The molecule has 2 aromatic rings. The Bertz CT molecular complexity index is 518. The van der Waals surface area contributed by atoms with Gasteiger partial charge in [0.2, 0.25) is 0 Å². The van der Waals surface area contributed by atoms with E-state index in [1.54, 1.807) is 0 Å². The van der Waals surface area contributed by atoms with Crippen LogP contribution in [0.15, 0.2) is 18.2 Å². The first kappa shape index (κ1) is 12.2. The van der Waals surface area contributed by atoms with Crippen molar-refractivity contribution in [1.29, 1.82) is 0 Å². The highest BCUT2D eigenvalue weighted by Gasteiger charge is 2.11. The SMILES string of the molecule is Cc1[nH]c2ccc(C(C)C)cc2c1CC(C)C. The summed E-state index contributed by atoms with van der Waals surface area (Å²) in [7, 11) is 0. The first-order valence-electron chi connectivity index (χ1n) is 6.60. The lowest BCUT2D eigenvalue weighted by molar-refractivity contribution is 0.647. The molecule has 0 atom stereocenters. The Morgan fingerprint density at radius 3 is 2.41 bits per heavy atom. The second-order valence-corrected chi connectivity index (χ2v) is 5.79. The minimum absolute atomic E-state index is 0.599. The smallest absolute Gasteiger partial charge is 0.0459 e. The van der Waals surface area contributed by atoms with Crippen LogP contribution in [0.2, 0.25) is 0 Å². The van der Waals surface area contributed by atoms with E-state index in [0.29, 0.717) is 11.8 Å². The van der Waals surface area contributed by atoms with Gasteiger partial charge >= 0.3 is 0 Å². The number of H-pyrrole nitrogens is 1. The lowest BCUT2D eigenvalue weighted by atomic mass is 9.96. The molecule has 0 aliphatic heterocycles. The highest BCUT2D eigenvalue weighted by Crippen LogP contribution is 2.27. The van der Waals surface area contributed by atoms with Crippen molar-refractivity contribution >= 4 is 10.9 Å². The molecule has 0 saturated heterocycles. The molecule has 17 heavy (non-hydrogen) atoms. The normalized spacial score (nSPS) is 11.9. The Kier molecular flexibility index (Phi) is 3.28. The summed E-state index contributed by atoms with van der Waals surface area (Å²) in [6.07, 6.45) is 1.16. The van der Waals surface area contributed by atoms with Gasteiger partial charge in [0.1, 0.15) is 0 Å². The van der Waals surface area contributed by atoms with Gasteiger partial charge in [-0.15, -0.1) is 0 Å². The van der Waals surface area contributed by atoms with E-state index < -0.39 is 0 Å². The molecule has 0 aliphatic carbocycles. The zero-order valence-corrected chi connectivity index (χ0v) is 11.6. The molecule has 0 bridgehead atoms. The predicted octanol–water partition coefficient (Wildman–Crippen LogP) is 4.80. The Hall–Kier alpha value is -1.24. The van der Waals surface area contributed by atoms with Gasteiger partial charge in [-0.1, -0.05) is 33.8 Å². The van der Waals surface area contributed by atoms with Crippen LogP contribution in [0, 0.1) is 12.8 Å². The fraction of sp³-hybridized carbons (Fsp3) is 0.500. The molecule has 1 heteroatoms. The molecular formula is C16H23N. The lowest BCUT2D eigenvalue weighted by Crippen LogP contribution is -1.95. The summed E-state index contributed by atoms with van der Waals surface area (Å²) >= 11 is 0. The molecule has 0 saturated carbocycles. The molecule has 1 heterocycles. The maximum Gasteiger partial charge on any atom is 0.0459 e. The predicted molar refractivity (Wildman–Crippen MR) is 75.7 cm³/mol. The number of hydrogen-bond acceptors (Lipinski definition) is 0. The maximum atomic E-state index is 3.50. The fourth-order valence-electron chi connectivity index (χ4n) is 2.43. The van der Waals surface area contributed by atoms with Crippen LogP contribution >= 0.6 is 0 Å². The molecule has 0 fully saturated rings. The van der Waals surface area contributed by atoms with Gasteiger partial charge in [-0.3, -0.25) is 0 Å². The second-order valence-electron chi connectivity index (χ2n) is 5.79. The van der Waals surface area contributed by atoms with E-state index in [1.165, 1.54) is 27.7 Å². The third-order valence-electron chi connectivity index (χ3n) is 3.42. The Balaban J connectivity index is 2.56. The van der Waals surface area contributed by atoms with Crippen molar-refractivity contribution in [1.82, 2.24) is 4.98 Å². The quantitative estimate of drug-likeness (QED) is 0.778. The zero-order chi connectivity index (χ0) is 12.6. The largest absolute Gasteiger partial charge is 0.358 e. The fourth-order valence-corrected chi connectivity index (χ4v) is 2.43. The van der Waals surface area contributed by atoms with Crippen molar-refractivity contribution in [3.05, 3.63) is 35.0 Å². The molecule has 1 N–H and O–H groups in total. The number of benzene rings is 1. The molecular weight excluding hydrogens is 206 g/mol. The van der Waals surface area contributed by atoms with E-state index in [-0.39, 0.29) is 0 Å². The molecule has 0 radical (unpaired) electrons. The standard InChI is InChI=1S/C16H23N/c1-10(2)8-14-12(5)17-16-7-6-13(11(3)4)9-15(14)16/h6-7,9-11,17H,8H2,1-5H3.